The van der Waals surface area contributed by atoms with Gasteiger partial charge in [0.25, 0.3) is 5.91 Å². The van der Waals surface area contributed by atoms with Crippen LogP contribution in [0.5, 0.6) is 11.5 Å². The summed E-state index contributed by atoms with van der Waals surface area (Å²) >= 11 is 6.18. The maximum Gasteiger partial charge on any atom is 0.331 e. The third-order valence-electron chi connectivity index (χ3n) is 3.65. The van der Waals surface area contributed by atoms with E-state index in [0.29, 0.717) is 34.4 Å². The number of anilines is 1. The number of ether oxygens (including phenoxy) is 3. The summed E-state index contributed by atoms with van der Waals surface area (Å²) in [6, 6.07) is 12.3. The lowest BCUT2D eigenvalue weighted by Crippen LogP contribution is -2.29. The van der Waals surface area contributed by atoms with Gasteiger partial charge in [0.05, 0.1) is 18.7 Å². The van der Waals surface area contributed by atoms with Crippen LogP contribution in [0.25, 0.3) is 6.08 Å². The standard InChI is InChI=1S/C21H22ClNO5/c1-4-27-18-13-15(12-17(22)20(18)26-3)10-11-19(24)28-14(2)21(25)23-16-8-6-5-7-9-16/h5-14H,4H2,1-3H3,(H,23,25)/b11-10+/t14-/m1/s1. The summed E-state index contributed by atoms with van der Waals surface area (Å²) in [5.74, 6) is -0.171. The Morgan fingerprint density at radius 2 is 1.93 bits per heavy atom. The van der Waals surface area contributed by atoms with Gasteiger partial charge in [0.2, 0.25) is 0 Å². The van der Waals surface area contributed by atoms with Crippen molar-refractivity contribution in [3.05, 3.63) is 59.1 Å². The Labute approximate surface area is 169 Å². The van der Waals surface area contributed by atoms with Crippen molar-refractivity contribution in [1.82, 2.24) is 0 Å². The van der Waals surface area contributed by atoms with Crippen molar-refractivity contribution >= 4 is 35.2 Å². The highest BCUT2D eigenvalue weighted by molar-refractivity contribution is 6.32. The molecule has 2 aromatic rings. The Morgan fingerprint density at radius 1 is 1.21 bits per heavy atom. The van der Waals surface area contributed by atoms with Crippen LogP contribution in [0.3, 0.4) is 0 Å². The van der Waals surface area contributed by atoms with E-state index in [9.17, 15) is 9.59 Å². The van der Waals surface area contributed by atoms with Gasteiger partial charge in [-0.3, -0.25) is 4.79 Å². The summed E-state index contributed by atoms with van der Waals surface area (Å²) in [6.07, 6.45) is 1.80. The lowest BCUT2D eigenvalue weighted by molar-refractivity contribution is -0.148. The number of carbonyl (C=O) groups is 2. The van der Waals surface area contributed by atoms with Gasteiger partial charge in [-0.1, -0.05) is 29.8 Å². The fourth-order valence-corrected chi connectivity index (χ4v) is 2.64. The maximum absolute atomic E-state index is 12.1. The van der Waals surface area contributed by atoms with Crippen LogP contribution in [0.2, 0.25) is 5.02 Å². The van der Waals surface area contributed by atoms with Crippen LogP contribution in [-0.2, 0) is 14.3 Å². The zero-order chi connectivity index (χ0) is 20.5. The molecule has 2 aromatic carbocycles. The van der Waals surface area contributed by atoms with Gasteiger partial charge in [-0.25, -0.2) is 4.79 Å². The number of para-hydroxylation sites is 1. The van der Waals surface area contributed by atoms with E-state index in [0.717, 1.165) is 0 Å². The fourth-order valence-electron chi connectivity index (χ4n) is 2.34. The SMILES string of the molecule is CCOc1cc(/C=C/C(=O)O[C@H](C)C(=O)Nc2ccccc2)cc(Cl)c1OC. The molecule has 0 bridgehead atoms. The number of methoxy groups -OCH3 is 1. The van der Waals surface area contributed by atoms with E-state index >= 15 is 0 Å². The topological polar surface area (TPSA) is 73.9 Å². The number of halogens is 1. The van der Waals surface area contributed by atoms with E-state index in [2.05, 4.69) is 5.32 Å². The van der Waals surface area contributed by atoms with Gasteiger partial charge in [-0.15, -0.1) is 0 Å². The van der Waals surface area contributed by atoms with E-state index in [-0.39, 0.29) is 0 Å². The third kappa shape index (κ3) is 6.03. The first-order valence-corrected chi connectivity index (χ1v) is 9.07. The van der Waals surface area contributed by atoms with Crippen LogP contribution in [0.15, 0.2) is 48.5 Å². The number of nitrogens with one attached hydrogen (secondary N) is 1. The molecule has 7 heteroatoms. The molecule has 0 saturated carbocycles. The Balaban J connectivity index is 2.00. The summed E-state index contributed by atoms with van der Waals surface area (Å²) < 4.78 is 15.8. The van der Waals surface area contributed by atoms with Crippen LogP contribution < -0.4 is 14.8 Å². The molecule has 0 spiro atoms. The van der Waals surface area contributed by atoms with Crippen molar-refractivity contribution in [2.45, 2.75) is 20.0 Å². The lowest BCUT2D eigenvalue weighted by Gasteiger charge is -2.13. The van der Waals surface area contributed by atoms with Crippen LogP contribution in [0, 0.1) is 0 Å². The van der Waals surface area contributed by atoms with Crippen LogP contribution in [0.4, 0.5) is 5.69 Å². The Morgan fingerprint density at radius 3 is 2.57 bits per heavy atom. The molecule has 0 aliphatic heterocycles. The molecule has 0 aliphatic carbocycles. The normalized spacial score (nSPS) is 11.7. The van der Waals surface area contributed by atoms with E-state index in [1.807, 2.05) is 13.0 Å². The molecule has 1 N–H and O–H groups in total. The molecule has 0 aromatic heterocycles. The van der Waals surface area contributed by atoms with Gasteiger partial charge >= 0.3 is 5.97 Å². The zero-order valence-electron chi connectivity index (χ0n) is 15.9. The van der Waals surface area contributed by atoms with Gasteiger partial charge in [0, 0.05) is 11.8 Å². The number of hydrogen-bond acceptors (Lipinski definition) is 5. The largest absolute Gasteiger partial charge is 0.491 e. The molecule has 0 fully saturated rings. The van der Waals surface area contributed by atoms with Gasteiger partial charge in [-0.2, -0.15) is 0 Å². The molecule has 0 saturated heterocycles. The molecule has 0 unspecified atom stereocenters. The van der Waals surface area contributed by atoms with Crippen molar-refractivity contribution in [2.75, 3.05) is 19.0 Å². The second-order valence-corrected chi connectivity index (χ2v) is 6.14. The van der Waals surface area contributed by atoms with Gasteiger partial charge < -0.3 is 19.5 Å². The third-order valence-corrected chi connectivity index (χ3v) is 3.93. The van der Waals surface area contributed by atoms with E-state index in [4.69, 9.17) is 25.8 Å². The highest BCUT2D eigenvalue weighted by Gasteiger charge is 2.17. The highest BCUT2D eigenvalue weighted by atomic mass is 35.5. The summed E-state index contributed by atoms with van der Waals surface area (Å²) in [4.78, 5) is 24.1. The van der Waals surface area contributed by atoms with Gasteiger partial charge in [0.1, 0.15) is 0 Å². The van der Waals surface area contributed by atoms with Crippen LogP contribution in [0.1, 0.15) is 19.4 Å². The summed E-state index contributed by atoms with van der Waals surface area (Å²) in [7, 11) is 1.50. The van der Waals surface area contributed by atoms with Crippen LogP contribution >= 0.6 is 11.6 Å². The maximum atomic E-state index is 12.1. The molecule has 1 atom stereocenters. The number of amides is 1. The summed E-state index contributed by atoms with van der Waals surface area (Å²) in [5, 5.41) is 3.03. The van der Waals surface area contributed by atoms with Crippen molar-refractivity contribution in [2.24, 2.45) is 0 Å². The number of benzene rings is 2. The average Bonchev–Trinajstić information content (AvgIpc) is 2.67. The van der Waals surface area contributed by atoms with Crippen LogP contribution in [-0.4, -0.2) is 31.7 Å². The van der Waals surface area contributed by atoms with E-state index in [1.165, 1.54) is 26.2 Å². The molecule has 28 heavy (non-hydrogen) atoms. The van der Waals surface area contributed by atoms with Crippen molar-refractivity contribution < 1.29 is 23.8 Å². The molecule has 6 nitrogen and oxygen atoms in total. The molecule has 2 rings (SSSR count). The molecule has 1 amide bonds. The number of rotatable bonds is 8. The first kappa shape index (κ1) is 21.3. The average molecular weight is 404 g/mol. The second-order valence-electron chi connectivity index (χ2n) is 5.73. The number of hydrogen-bond donors (Lipinski definition) is 1. The zero-order valence-corrected chi connectivity index (χ0v) is 16.7. The van der Waals surface area contributed by atoms with Gasteiger partial charge in [-0.05, 0) is 49.8 Å². The first-order valence-electron chi connectivity index (χ1n) is 8.69. The van der Waals surface area contributed by atoms with Crippen molar-refractivity contribution in [3.8, 4) is 11.5 Å². The Bertz CT molecular complexity index is 851. The van der Waals surface area contributed by atoms with Crippen molar-refractivity contribution in [3.63, 3.8) is 0 Å². The monoisotopic (exact) mass is 403 g/mol. The fraction of sp³-hybridized carbons (Fsp3) is 0.238. The quantitative estimate of drug-likeness (QED) is 0.524. The highest BCUT2D eigenvalue weighted by Crippen LogP contribution is 2.36. The molecular weight excluding hydrogens is 382 g/mol. The Kier molecular flexibility index (Phi) is 7.89. The molecular formula is C21H22ClNO5. The van der Waals surface area contributed by atoms with Gasteiger partial charge in [0.15, 0.2) is 17.6 Å². The van der Waals surface area contributed by atoms with E-state index < -0.39 is 18.0 Å². The minimum atomic E-state index is -0.948. The molecule has 0 aliphatic rings. The predicted molar refractivity (Wildman–Crippen MR) is 109 cm³/mol. The summed E-state index contributed by atoms with van der Waals surface area (Å²) in [5.41, 5.74) is 1.26. The number of carbonyl (C=O) groups excluding carboxylic acids is 2. The smallest absolute Gasteiger partial charge is 0.331 e. The number of esters is 1. The molecule has 0 radical (unpaired) electrons. The Hall–Kier alpha value is -2.99. The summed E-state index contributed by atoms with van der Waals surface area (Å²) in [6.45, 7) is 3.78. The minimum Gasteiger partial charge on any atom is -0.491 e. The predicted octanol–water partition coefficient (Wildman–Crippen LogP) is 4.33. The second kappa shape index (κ2) is 10.4. The lowest BCUT2D eigenvalue weighted by atomic mass is 10.2. The molecule has 148 valence electrons. The van der Waals surface area contributed by atoms with E-state index in [1.54, 1.807) is 36.4 Å². The molecule has 0 heterocycles. The first-order chi connectivity index (χ1) is 13.4. The minimum absolute atomic E-state index is 0.358. The van der Waals surface area contributed by atoms with Crippen molar-refractivity contribution in [1.29, 1.82) is 0 Å².